The molecule has 1 heterocycles. The van der Waals surface area contributed by atoms with E-state index in [4.69, 9.17) is 9.47 Å². The first-order chi connectivity index (χ1) is 19.9. The van der Waals surface area contributed by atoms with Gasteiger partial charge < -0.3 is 25.1 Å². The summed E-state index contributed by atoms with van der Waals surface area (Å²) in [5, 5.41) is 4.41. The molecule has 3 aromatic rings. The van der Waals surface area contributed by atoms with Gasteiger partial charge in [0.25, 0.3) is 0 Å². The average molecular weight is 601 g/mol. The van der Waals surface area contributed by atoms with Crippen molar-refractivity contribution in [3.05, 3.63) is 65.2 Å². The van der Waals surface area contributed by atoms with E-state index in [-0.39, 0.29) is 41.9 Å². The summed E-state index contributed by atoms with van der Waals surface area (Å²) in [5.41, 5.74) is 0.414. The van der Waals surface area contributed by atoms with Gasteiger partial charge in [-0.3, -0.25) is 4.79 Å². The summed E-state index contributed by atoms with van der Waals surface area (Å²) in [5.74, 6) is -6.72. The number of alkyl halides is 5. The molecule has 1 unspecified atom stereocenters. The smallest absolute Gasteiger partial charge is 0.408 e. The maximum atomic E-state index is 15.7. The number of aromatic amines is 1. The molecule has 1 aliphatic carbocycles. The number of halogens is 6. The molecule has 1 aliphatic rings. The highest BCUT2D eigenvalue weighted by atomic mass is 19.4. The highest BCUT2D eigenvalue weighted by Gasteiger charge is 2.40. The van der Waals surface area contributed by atoms with E-state index in [1.807, 2.05) is 0 Å². The number of methoxy groups -OCH3 is 1. The lowest BCUT2D eigenvalue weighted by Crippen LogP contribution is -2.38. The van der Waals surface area contributed by atoms with E-state index in [0.717, 1.165) is 5.56 Å². The number of carbonyl (C=O) groups is 2. The van der Waals surface area contributed by atoms with Gasteiger partial charge in [-0.1, -0.05) is 36.4 Å². The number of nitrogens with one attached hydrogen (secondary N) is 3. The van der Waals surface area contributed by atoms with Crippen LogP contribution < -0.4 is 10.6 Å². The minimum absolute atomic E-state index is 0.0441. The molecule has 4 rings (SSSR count). The standard InChI is InChI=1S/C28H30F6N4O4/c1-41-14-19(25(39)35-15-28(32,33)34)18-7-8-20-23(21(18)29)37-24(36-20)22(17-9-11-27(30,31)12-10-17)38-26(40)42-13-16-5-3-2-4-6-16/h2-8,17,19,22H,9-15H2,1H3,(H,35,39)(H,36,37)(H,38,40)/t19?,22-/m0/s1. The molecule has 0 saturated heterocycles. The van der Waals surface area contributed by atoms with E-state index in [1.165, 1.54) is 19.2 Å². The van der Waals surface area contributed by atoms with Crippen molar-refractivity contribution >= 4 is 23.0 Å². The number of benzene rings is 2. The molecule has 0 radical (unpaired) electrons. The minimum atomic E-state index is -4.67. The van der Waals surface area contributed by atoms with E-state index in [1.54, 1.807) is 35.6 Å². The monoisotopic (exact) mass is 600 g/mol. The fourth-order valence-corrected chi connectivity index (χ4v) is 4.97. The molecule has 8 nitrogen and oxygen atoms in total. The van der Waals surface area contributed by atoms with Crippen molar-refractivity contribution in [2.75, 3.05) is 20.3 Å². The highest BCUT2D eigenvalue weighted by Crippen LogP contribution is 2.41. The Morgan fingerprint density at radius 3 is 2.45 bits per heavy atom. The number of fused-ring (bicyclic) bond motifs is 1. The predicted octanol–water partition coefficient (Wildman–Crippen LogP) is 5.90. The Hall–Kier alpha value is -3.81. The molecule has 1 aromatic heterocycles. The van der Waals surface area contributed by atoms with Gasteiger partial charge in [0.2, 0.25) is 11.8 Å². The third kappa shape index (κ3) is 7.93. The average Bonchev–Trinajstić information content (AvgIpc) is 3.38. The van der Waals surface area contributed by atoms with Crippen LogP contribution in [0.15, 0.2) is 42.5 Å². The Kier molecular flexibility index (Phi) is 9.64. The molecule has 14 heteroatoms. The van der Waals surface area contributed by atoms with Gasteiger partial charge in [-0.05, 0) is 30.4 Å². The molecule has 0 aliphatic heterocycles. The molecule has 2 atom stereocenters. The lowest BCUT2D eigenvalue weighted by molar-refractivity contribution is -0.140. The van der Waals surface area contributed by atoms with Crippen molar-refractivity contribution < 1.29 is 45.4 Å². The van der Waals surface area contributed by atoms with Crippen molar-refractivity contribution in [1.29, 1.82) is 0 Å². The first-order valence-corrected chi connectivity index (χ1v) is 13.2. The largest absolute Gasteiger partial charge is 0.445 e. The molecule has 3 N–H and O–H groups in total. The SMILES string of the molecule is COCC(C(=O)NCC(F)(F)F)c1ccc2[nH]c([C@@H](NC(=O)OCc3ccccc3)C3CCC(F)(F)CC3)nc2c1F. The van der Waals surface area contributed by atoms with Crippen LogP contribution in [0.25, 0.3) is 11.0 Å². The van der Waals surface area contributed by atoms with Gasteiger partial charge in [-0.15, -0.1) is 0 Å². The summed E-state index contributed by atoms with van der Waals surface area (Å²) in [6, 6.07) is 10.5. The van der Waals surface area contributed by atoms with Crippen molar-refractivity contribution in [3.63, 3.8) is 0 Å². The van der Waals surface area contributed by atoms with Gasteiger partial charge in [0.1, 0.15) is 24.5 Å². The van der Waals surface area contributed by atoms with Crippen LogP contribution in [0.3, 0.4) is 0 Å². The summed E-state index contributed by atoms with van der Waals surface area (Å²) in [6.45, 7) is -2.05. The first kappa shape index (κ1) is 31.1. The fraction of sp³-hybridized carbons (Fsp3) is 0.464. The Labute approximate surface area is 237 Å². The first-order valence-electron chi connectivity index (χ1n) is 13.2. The number of ether oxygens (including phenoxy) is 2. The molecule has 1 fully saturated rings. The molecular weight excluding hydrogens is 570 g/mol. The fourth-order valence-electron chi connectivity index (χ4n) is 4.97. The number of hydrogen-bond donors (Lipinski definition) is 3. The van der Waals surface area contributed by atoms with Crippen molar-refractivity contribution in [1.82, 2.24) is 20.6 Å². The zero-order chi connectivity index (χ0) is 30.5. The van der Waals surface area contributed by atoms with Crippen molar-refractivity contribution in [2.24, 2.45) is 5.92 Å². The van der Waals surface area contributed by atoms with Crippen LogP contribution >= 0.6 is 0 Å². The molecule has 2 aromatic carbocycles. The van der Waals surface area contributed by atoms with Crippen LogP contribution in [-0.2, 0) is 20.9 Å². The highest BCUT2D eigenvalue weighted by molar-refractivity contribution is 5.86. The number of carbonyl (C=O) groups excluding carboxylic acids is 2. The zero-order valence-corrected chi connectivity index (χ0v) is 22.6. The van der Waals surface area contributed by atoms with E-state index < -0.39 is 73.8 Å². The number of H-pyrrole nitrogens is 1. The molecule has 0 bridgehead atoms. The molecule has 1 saturated carbocycles. The molecule has 228 valence electrons. The normalized spacial score (nSPS) is 17.0. The number of nitrogens with zero attached hydrogens (tertiary/aromatic N) is 1. The van der Waals surface area contributed by atoms with E-state index >= 15 is 4.39 Å². The molecule has 2 amide bonds. The lowest BCUT2D eigenvalue weighted by atomic mass is 9.82. The third-order valence-corrected chi connectivity index (χ3v) is 7.14. The summed E-state index contributed by atoms with van der Waals surface area (Å²) < 4.78 is 91.7. The van der Waals surface area contributed by atoms with Gasteiger partial charge >= 0.3 is 12.3 Å². The second-order valence-corrected chi connectivity index (χ2v) is 10.2. The van der Waals surface area contributed by atoms with Gasteiger partial charge in [-0.25, -0.2) is 22.9 Å². The predicted molar refractivity (Wildman–Crippen MR) is 139 cm³/mol. The maximum absolute atomic E-state index is 15.7. The van der Waals surface area contributed by atoms with Crippen LogP contribution in [-0.4, -0.2) is 54.3 Å². The Balaban J connectivity index is 1.61. The molecular formula is C28H30F6N4O4. The van der Waals surface area contributed by atoms with Crippen molar-refractivity contribution in [3.8, 4) is 0 Å². The summed E-state index contributed by atoms with van der Waals surface area (Å²) in [6.07, 6.45) is -6.20. The number of rotatable bonds is 10. The van der Waals surface area contributed by atoms with E-state index in [2.05, 4.69) is 15.3 Å². The van der Waals surface area contributed by atoms with Crippen LogP contribution in [0.4, 0.5) is 31.1 Å². The molecule has 0 spiro atoms. The summed E-state index contributed by atoms with van der Waals surface area (Å²) in [7, 11) is 1.22. The number of alkyl carbamates (subject to hydrolysis) is 1. The molecule has 42 heavy (non-hydrogen) atoms. The van der Waals surface area contributed by atoms with Crippen LogP contribution in [0.1, 0.15) is 54.6 Å². The van der Waals surface area contributed by atoms with Gasteiger partial charge in [0.15, 0.2) is 5.82 Å². The number of imidazole rings is 1. The van der Waals surface area contributed by atoms with E-state index in [9.17, 15) is 31.5 Å². The second kappa shape index (κ2) is 13.0. The summed E-state index contributed by atoms with van der Waals surface area (Å²) >= 11 is 0. The van der Waals surface area contributed by atoms with Gasteiger partial charge in [0, 0.05) is 25.5 Å². The summed E-state index contributed by atoms with van der Waals surface area (Å²) in [4.78, 5) is 32.5. The quantitative estimate of drug-likeness (QED) is 0.251. The van der Waals surface area contributed by atoms with E-state index in [0.29, 0.717) is 0 Å². The topological polar surface area (TPSA) is 105 Å². The number of aromatic nitrogens is 2. The Morgan fingerprint density at radius 1 is 1.12 bits per heavy atom. The van der Waals surface area contributed by atoms with Gasteiger partial charge in [0.05, 0.1) is 24.1 Å². The van der Waals surface area contributed by atoms with Crippen LogP contribution in [0.2, 0.25) is 0 Å². The Bertz CT molecular complexity index is 1370. The van der Waals surface area contributed by atoms with Crippen LogP contribution in [0, 0.1) is 11.7 Å². The lowest BCUT2D eigenvalue weighted by Gasteiger charge is -2.33. The second-order valence-electron chi connectivity index (χ2n) is 10.2. The number of hydrogen-bond acceptors (Lipinski definition) is 5. The number of amides is 2. The Morgan fingerprint density at radius 2 is 1.81 bits per heavy atom. The minimum Gasteiger partial charge on any atom is -0.445 e. The van der Waals surface area contributed by atoms with Crippen LogP contribution in [0.5, 0.6) is 0 Å². The maximum Gasteiger partial charge on any atom is 0.408 e. The zero-order valence-electron chi connectivity index (χ0n) is 22.6. The van der Waals surface area contributed by atoms with Gasteiger partial charge in [-0.2, -0.15) is 13.2 Å². The third-order valence-electron chi connectivity index (χ3n) is 7.14. The van der Waals surface area contributed by atoms with Crippen molar-refractivity contribution in [2.45, 2.75) is 56.3 Å².